The van der Waals surface area contributed by atoms with Crippen LogP contribution in [0.25, 0.3) is 6.08 Å². The molecule has 2 aromatic carbocycles. The van der Waals surface area contributed by atoms with Gasteiger partial charge in [0, 0.05) is 0 Å². The largest absolute Gasteiger partial charge is 0.408 e. The molecule has 0 spiro atoms. The van der Waals surface area contributed by atoms with E-state index >= 15 is 0 Å². The highest BCUT2D eigenvalue weighted by Gasteiger charge is 2.41. The fraction of sp³-hybridized carbons (Fsp3) is 0.391. The fourth-order valence-corrected chi connectivity index (χ4v) is 3.79. The second-order valence-electron chi connectivity index (χ2n) is 8.46. The minimum absolute atomic E-state index is 0.00323. The molecule has 3 atom stereocenters. The minimum Gasteiger partial charge on any atom is -0.408 e. The molecule has 0 radical (unpaired) electrons. The van der Waals surface area contributed by atoms with Crippen LogP contribution in [-0.2, 0) is 4.43 Å². The molecule has 27 heavy (non-hydrogen) atoms. The second kappa shape index (κ2) is 8.98. The maximum absolute atomic E-state index is 10.9. The molecule has 0 unspecified atom stereocenters. The predicted octanol–water partition coefficient (Wildman–Crippen LogP) is 5.18. The Bertz CT molecular complexity index is 720. The lowest BCUT2D eigenvalue weighted by Crippen LogP contribution is -2.47. The number of aliphatic hydroxyl groups is 2. The van der Waals surface area contributed by atoms with E-state index in [1.54, 1.807) is 0 Å². The molecule has 146 valence electrons. The van der Waals surface area contributed by atoms with E-state index in [9.17, 15) is 10.2 Å². The Morgan fingerprint density at radius 1 is 0.889 bits per heavy atom. The second-order valence-corrected chi connectivity index (χ2v) is 13.2. The van der Waals surface area contributed by atoms with Crippen LogP contribution in [0.15, 0.2) is 66.7 Å². The summed E-state index contributed by atoms with van der Waals surface area (Å²) in [5.41, 5.74) is 1.71. The van der Waals surface area contributed by atoms with E-state index in [0.29, 0.717) is 5.56 Å². The molecule has 0 amide bonds. The van der Waals surface area contributed by atoms with Crippen molar-refractivity contribution in [3.63, 3.8) is 0 Å². The normalized spacial score (nSPS) is 16.3. The van der Waals surface area contributed by atoms with E-state index in [4.69, 9.17) is 4.43 Å². The topological polar surface area (TPSA) is 49.7 Å². The minimum atomic E-state index is -2.14. The van der Waals surface area contributed by atoms with Crippen LogP contribution < -0.4 is 0 Å². The van der Waals surface area contributed by atoms with Gasteiger partial charge in [0.25, 0.3) is 0 Å². The first-order chi connectivity index (χ1) is 12.6. The molecule has 2 N–H and O–H groups in total. The monoisotopic (exact) mass is 384 g/mol. The summed E-state index contributed by atoms with van der Waals surface area (Å²) in [6, 6.07) is 19.1. The third-order valence-corrected chi connectivity index (χ3v) is 9.79. The zero-order valence-corrected chi connectivity index (χ0v) is 18.0. The highest BCUT2D eigenvalue weighted by atomic mass is 28.4. The molecule has 2 rings (SSSR count). The van der Waals surface area contributed by atoms with Gasteiger partial charge in [-0.15, -0.1) is 0 Å². The van der Waals surface area contributed by atoms with Crippen LogP contribution in [-0.4, -0.2) is 30.7 Å². The summed E-state index contributed by atoms with van der Waals surface area (Å²) < 4.78 is 6.47. The maximum atomic E-state index is 10.9. The summed E-state index contributed by atoms with van der Waals surface area (Å²) in [4.78, 5) is 0. The molecule has 0 fully saturated rings. The van der Waals surface area contributed by atoms with E-state index in [2.05, 4.69) is 33.9 Å². The first-order valence-electron chi connectivity index (χ1n) is 9.44. The van der Waals surface area contributed by atoms with Gasteiger partial charge in [-0.3, -0.25) is 0 Å². The van der Waals surface area contributed by atoms with Gasteiger partial charge in [-0.25, -0.2) is 0 Å². The van der Waals surface area contributed by atoms with Gasteiger partial charge in [0.2, 0.25) is 0 Å². The molecule has 2 aromatic rings. The summed E-state index contributed by atoms with van der Waals surface area (Å²) >= 11 is 0. The molecule has 0 bridgehead atoms. The van der Waals surface area contributed by atoms with Crippen molar-refractivity contribution in [2.75, 3.05) is 0 Å². The third-order valence-electron chi connectivity index (χ3n) is 5.32. The summed E-state index contributed by atoms with van der Waals surface area (Å²) in [7, 11) is -2.14. The number of rotatable bonds is 7. The number of benzene rings is 2. The molecular weight excluding hydrogens is 352 g/mol. The third kappa shape index (κ3) is 5.88. The van der Waals surface area contributed by atoms with Gasteiger partial charge in [-0.05, 0) is 29.3 Å². The SMILES string of the molecule is CC(C)(C)[Si](C)(C)O[C@@H](/C=C/c1ccccc1)[C@@H](O)[C@H](O)c1ccccc1. The van der Waals surface area contributed by atoms with Crippen molar-refractivity contribution in [3.05, 3.63) is 77.9 Å². The number of hydrogen-bond donors (Lipinski definition) is 2. The van der Waals surface area contributed by atoms with Crippen molar-refractivity contribution < 1.29 is 14.6 Å². The summed E-state index contributed by atoms with van der Waals surface area (Å²) in [5.74, 6) is 0. The highest BCUT2D eigenvalue weighted by molar-refractivity contribution is 6.74. The quantitative estimate of drug-likeness (QED) is 0.646. The first-order valence-corrected chi connectivity index (χ1v) is 12.3. The Balaban J connectivity index is 2.29. The molecule has 0 saturated heterocycles. The van der Waals surface area contributed by atoms with E-state index < -0.39 is 26.6 Å². The van der Waals surface area contributed by atoms with E-state index in [1.807, 2.05) is 72.8 Å². The Morgan fingerprint density at radius 2 is 1.41 bits per heavy atom. The average molecular weight is 385 g/mol. The van der Waals surface area contributed by atoms with E-state index in [-0.39, 0.29) is 5.04 Å². The summed E-state index contributed by atoms with van der Waals surface area (Å²) in [5, 5.41) is 21.6. The lowest BCUT2D eigenvalue weighted by molar-refractivity contribution is -0.0378. The van der Waals surface area contributed by atoms with Crippen LogP contribution in [0.2, 0.25) is 18.1 Å². The van der Waals surface area contributed by atoms with Gasteiger partial charge >= 0.3 is 0 Å². The Labute approximate surface area is 164 Å². The summed E-state index contributed by atoms with van der Waals surface area (Å²) in [6.45, 7) is 10.8. The molecule has 4 heteroatoms. The lowest BCUT2D eigenvalue weighted by atomic mass is 10.00. The fourth-order valence-electron chi connectivity index (χ4n) is 2.54. The molecular formula is C23H32O3Si. The highest BCUT2D eigenvalue weighted by Crippen LogP contribution is 2.38. The van der Waals surface area contributed by atoms with Gasteiger partial charge in [0.1, 0.15) is 12.2 Å². The van der Waals surface area contributed by atoms with Gasteiger partial charge in [0.05, 0.1) is 6.10 Å². The van der Waals surface area contributed by atoms with Crippen molar-refractivity contribution in [1.29, 1.82) is 0 Å². The van der Waals surface area contributed by atoms with Crippen molar-refractivity contribution in [1.82, 2.24) is 0 Å². The van der Waals surface area contributed by atoms with Gasteiger partial charge in [-0.2, -0.15) is 0 Å². The molecule has 0 aliphatic rings. The average Bonchev–Trinajstić information content (AvgIpc) is 2.64. The first kappa shape index (κ1) is 21.6. The van der Waals surface area contributed by atoms with Crippen LogP contribution in [0, 0.1) is 0 Å². The van der Waals surface area contributed by atoms with Gasteiger partial charge in [-0.1, -0.05) is 93.6 Å². The van der Waals surface area contributed by atoms with Gasteiger partial charge < -0.3 is 14.6 Å². The van der Waals surface area contributed by atoms with Crippen molar-refractivity contribution >= 4 is 14.4 Å². The van der Waals surface area contributed by atoms with Crippen LogP contribution in [0.1, 0.15) is 38.0 Å². The maximum Gasteiger partial charge on any atom is 0.193 e. The molecule has 0 heterocycles. The number of aliphatic hydroxyl groups excluding tert-OH is 2. The Kier molecular flexibility index (Phi) is 7.17. The van der Waals surface area contributed by atoms with Crippen molar-refractivity contribution in [2.24, 2.45) is 0 Å². The molecule has 3 nitrogen and oxygen atoms in total. The van der Waals surface area contributed by atoms with Crippen LogP contribution in [0.3, 0.4) is 0 Å². The molecule has 0 saturated carbocycles. The standard InChI is InChI=1S/C23H32O3Si/c1-23(2,3)27(4,5)26-20(17-16-18-12-8-6-9-13-18)22(25)21(24)19-14-10-7-11-15-19/h6-17,20-22,24-25H,1-5H3/b17-16+/t20-,21+,22+/m0/s1. The summed E-state index contributed by atoms with van der Waals surface area (Å²) in [6.07, 6.45) is 1.15. The lowest BCUT2D eigenvalue weighted by Gasteiger charge is -2.40. The Hall–Kier alpha value is -1.72. The zero-order chi connectivity index (χ0) is 20.1. The van der Waals surface area contributed by atoms with Crippen LogP contribution in [0.4, 0.5) is 0 Å². The zero-order valence-electron chi connectivity index (χ0n) is 17.0. The molecule has 0 aromatic heterocycles. The van der Waals surface area contributed by atoms with Crippen molar-refractivity contribution in [2.45, 2.75) is 57.2 Å². The molecule has 0 aliphatic heterocycles. The molecule has 0 aliphatic carbocycles. The van der Waals surface area contributed by atoms with Crippen LogP contribution >= 0.6 is 0 Å². The van der Waals surface area contributed by atoms with Gasteiger partial charge in [0.15, 0.2) is 8.32 Å². The van der Waals surface area contributed by atoms with Crippen molar-refractivity contribution in [3.8, 4) is 0 Å². The Morgan fingerprint density at radius 3 is 1.93 bits per heavy atom. The predicted molar refractivity (Wildman–Crippen MR) is 115 cm³/mol. The van der Waals surface area contributed by atoms with E-state index in [1.165, 1.54) is 0 Å². The van der Waals surface area contributed by atoms with E-state index in [0.717, 1.165) is 5.56 Å². The number of hydrogen-bond acceptors (Lipinski definition) is 3. The smallest absolute Gasteiger partial charge is 0.193 e. The van der Waals surface area contributed by atoms with Crippen LogP contribution in [0.5, 0.6) is 0 Å².